The highest BCUT2D eigenvalue weighted by molar-refractivity contribution is 5.76. The van der Waals surface area contributed by atoms with Gasteiger partial charge in [-0.15, -0.1) is 0 Å². The van der Waals surface area contributed by atoms with Crippen LogP contribution in [0.3, 0.4) is 0 Å². The molecule has 2 heterocycles. The zero-order valence-corrected chi connectivity index (χ0v) is 15.2. The fourth-order valence-corrected chi connectivity index (χ4v) is 3.73. The van der Waals surface area contributed by atoms with E-state index in [2.05, 4.69) is 10.2 Å². The maximum Gasteiger partial charge on any atom is 0.222 e. The molecular formula is C20H26FN3O2. The molecular weight excluding hydrogens is 333 g/mol. The minimum absolute atomic E-state index is 0.105. The summed E-state index contributed by atoms with van der Waals surface area (Å²) in [5.41, 5.74) is 2.08. The number of carbonyl (C=O) groups is 1. The molecule has 5 nitrogen and oxygen atoms in total. The number of rotatable bonds is 7. The van der Waals surface area contributed by atoms with Crippen molar-refractivity contribution in [2.75, 3.05) is 20.2 Å². The van der Waals surface area contributed by atoms with Gasteiger partial charge >= 0.3 is 0 Å². The Morgan fingerprint density at radius 3 is 3.04 bits per heavy atom. The lowest BCUT2D eigenvalue weighted by Crippen LogP contribution is -2.47. The molecule has 1 saturated heterocycles. The lowest BCUT2D eigenvalue weighted by molar-refractivity contribution is -0.135. The third-order valence-electron chi connectivity index (χ3n) is 5.12. The van der Waals surface area contributed by atoms with Gasteiger partial charge in [-0.25, -0.2) is 4.39 Å². The average molecular weight is 359 g/mol. The number of aromatic amines is 1. The van der Waals surface area contributed by atoms with E-state index in [0.29, 0.717) is 13.0 Å². The molecule has 0 saturated carbocycles. The zero-order chi connectivity index (χ0) is 18.4. The predicted molar refractivity (Wildman–Crippen MR) is 97.1 cm³/mol. The van der Waals surface area contributed by atoms with Gasteiger partial charge in [-0.2, -0.15) is 5.10 Å². The summed E-state index contributed by atoms with van der Waals surface area (Å²) in [6.45, 7) is 1.39. The minimum atomic E-state index is -0.223. The van der Waals surface area contributed by atoms with Crippen LogP contribution in [0, 0.1) is 11.7 Å². The van der Waals surface area contributed by atoms with Gasteiger partial charge in [0.1, 0.15) is 5.82 Å². The van der Waals surface area contributed by atoms with Crippen molar-refractivity contribution in [1.82, 2.24) is 15.1 Å². The summed E-state index contributed by atoms with van der Waals surface area (Å²) >= 11 is 0. The van der Waals surface area contributed by atoms with Crippen LogP contribution >= 0.6 is 0 Å². The van der Waals surface area contributed by atoms with E-state index in [1.807, 2.05) is 17.2 Å². The van der Waals surface area contributed by atoms with Gasteiger partial charge in [0.15, 0.2) is 0 Å². The number of H-pyrrole nitrogens is 1. The molecule has 1 aromatic carbocycles. The molecule has 2 atom stereocenters. The van der Waals surface area contributed by atoms with Crippen LogP contribution in [0.1, 0.15) is 30.4 Å². The average Bonchev–Trinajstić information content (AvgIpc) is 3.15. The van der Waals surface area contributed by atoms with E-state index in [4.69, 9.17) is 4.74 Å². The number of hydrogen-bond donors (Lipinski definition) is 1. The van der Waals surface area contributed by atoms with E-state index in [1.165, 1.54) is 6.07 Å². The number of likely N-dealkylation sites (tertiary alicyclic amines) is 1. The van der Waals surface area contributed by atoms with E-state index in [0.717, 1.165) is 43.4 Å². The third-order valence-corrected chi connectivity index (χ3v) is 5.12. The maximum atomic E-state index is 13.5. The number of ether oxygens (including phenoxy) is 1. The fourth-order valence-electron chi connectivity index (χ4n) is 3.73. The summed E-state index contributed by atoms with van der Waals surface area (Å²) in [4.78, 5) is 14.5. The van der Waals surface area contributed by atoms with Crippen LogP contribution in [0.25, 0.3) is 0 Å². The molecule has 0 unspecified atom stereocenters. The van der Waals surface area contributed by atoms with Crippen molar-refractivity contribution in [1.29, 1.82) is 0 Å². The lowest BCUT2D eigenvalue weighted by atomic mass is 9.88. The second-order valence-corrected chi connectivity index (χ2v) is 6.96. The molecule has 3 rings (SSSR count). The van der Waals surface area contributed by atoms with Crippen LogP contribution in [0.4, 0.5) is 4.39 Å². The Balaban J connectivity index is 1.54. The Morgan fingerprint density at radius 1 is 1.42 bits per heavy atom. The first-order valence-electron chi connectivity index (χ1n) is 9.18. The van der Waals surface area contributed by atoms with Gasteiger partial charge < -0.3 is 9.64 Å². The van der Waals surface area contributed by atoms with Crippen molar-refractivity contribution in [2.24, 2.45) is 5.92 Å². The highest BCUT2D eigenvalue weighted by Gasteiger charge is 2.31. The highest BCUT2D eigenvalue weighted by Crippen LogP contribution is 2.24. The van der Waals surface area contributed by atoms with Gasteiger partial charge in [0, 0.05) is 38.7 Å². The Kier molecular flexibility index (Phi) is 6.39. The van der Waals surface area contributed by atoms with Crippen molar-refractivity contribution < 1.29 is 13.9 Å². The summed E-state index contributed by atoms with van der Waals surface area (Å²) in [5, 5.41) is 6.71. The van der Waals surface area contributed by atoms with Gasteiger partial charge in [0.2, 0.25) is 5.91 Å². The monoisotopic (exact) mass is 359 g/mol. The highest BCUT2D eigenvalue weighted by atomic mass is 19.1. The zero-order valence-electron chi connectivity index (χ0n) is 15.2. The Morgan fingerprint density at radius 2 is 2.31 bits per heavy atom. The first-order valence-corrected chi connectivity index (χ1v) is 9.18. The van der Waals surface area contributed by atoms with E-state index in [1.54, 1.807) is 25.4 Å². The molecule has 26 heavy (non-hydrogen) atoms. The number of halogens is 1. The molecule has 0 aliphatic carbocycles. The number of hydrogen-bond acceptors (Lipinski definition) is 3. The smallest absolute Gasteiger partial charge is 0.222 e. The van der Waals surface area contributed by atoms with Crippen LogP contribution in [0.2, 0.25) is 0 Å². The molecule has 2 aromatic rings. The number of benzene rings is 1. The topological polar surface area (TPSA) is 58.2 Å². The van der Waals surface area contributed by atoms with Crippen molar-refractivity contribution >= 4 is 5.91 Å². The molecule has 1 N–H and O–H groups in total. The lowest BCUT2D eigenvalue weighted by Gasteiger charge is -2.38. The van der Waals surface area contributed by atoms with Crippen LogP contribution in [0.15, 0.2) is 36.7 Å². The number of carbonyl (C=O) groups excluding carboxylic acids is 1. The largest absolute Gasteiger partial charge is 0.381 e. The summed E-state index contributed by atoms with van der Waals surface area (Å²) in [5.74, 6) is 0.153. The molecule has 1 aliphatic heterocycles. The van der Waals surface area contributed by atoms with Gasteiger partial charge in [0.05, 0.1) is 12.3 Å². The molecule has 0 radical (unpaired) electrons. The molecule has 1 fully saturated rings. The van der Waals surface area contributed by atoms with Crippen LogP contribution in [-0.4, -0.2) is 47.3 Å². The standard InChI is InChI=1S/C20H26FN3O2/c1-26-19-8-9-24(20(25)7-3-5-16-12-22-23-13-16)14-17(19)10-15-4-2-6-18(21)11-15/h2,4,6,11-13,17,19H,3,5,7-10,14H2,1H3,(H,22,23)/t17-,19+/m1/s1. The Hall–Kier alpha value is -2.21. The number of nitrogens with zero attached hydrogens (tertiary/aromatic N) is 2. The van der Waals surface area contributed by atoms with E-state index < -0.39 is 0 Å². The summed E-state index contributed by atoms with van der Waals surface area (Å²) < 4.78 is 19.1. The van der Waals surface area contributed by atoms with Crippen molar-refractivity contribution in [3.63, 3.8) is 0 Å². The Labute approximate surface area is 153 Å². The van der Waals surface area contributed by atoms with Crippen LogP contribution in [-0.2, 0) is 22.4 Å². The first kappa shape index (κ1) is 18.6. The molecule has 1 aromatic heterocycles. The van der Waals surface area contributed by atoms with Gasteiger partial charge in [-0.05, 0) is 48.9 Å². The molecule has 140 valence electrons. The van der Waals surface area contributed by atoms with Gasteiger partial charge in [-0.3, -0.25) is 9.89 Å². The van der Waals surface area contributed by atoms with Crippen LogP contribution < -0.4 is 0 Å². The van der Waals surface area contributed by atoms with Crippen molar-refractivity contribution in [3.8, 4) is 0 Å². The summed E-state index contributed by atoms with van der Waals surface area (Å²) in [7, 11) is 1.71. The minimum Gasteiger partial charge on any atom is -0.381 e. The number of piperidine rings is 1. The number of methoxy groups -OCH3 is 1. The van der Waals surface area contributed by atoms with Crippen molar-refractivity contribution in [2.45, 2.75) is 38.2 Å². The van der Waals surface area contributed by atoms with Gasteiger partial charge in [0.25, 0.3) is 0 Å². The first-order chi connectivity index (χ1) is 12.7. The fraction of sp³-hybridized carbons (Fsp3) is 0.500. The van der Waals surface area contributed by atoms with Crippen molar-refractivity contribution in [3.05, 3.63) is 53.6 Å². The summed E-state index contributed by atoms with van der Waals surface area (Å²) in [6, 6.07) is 6.68. The van der Waals surface area contributed by atoms with Crippen LogP contribution in [0.5, 0.6) is 0 Å². The predicted octanol–water partition coefficient (Wildman–Crippen LogP) is 2.98. The molecule has 0 spiro atoms. The molecule has 1 aliphatic rings. The molecule has 0 bridgehead atoms. The molecule has 6 heteroatoms. The third kappa shape index (κ3) is 4.91. The quantitative estimate of drug-likeness (QED) is 0.827. The number of nitrogens with one attached hydrogen (secondary N) is 1. The second kappa shape index (κ2) is 8.94. The van der Waals surface area contributed by atoms with Gasteiger partial charge in [-0.1, -0.05) is 12.1 Å². The van der Waals surface area contributed by atoms with E-state index in [-0.39, 0.29) is 23.7 Å². The number of aromatic nitrogens is 2. The van der Waals surface area contributed by atoms with E-state index in [9.17, 15) is 9.18 Å². The summed E-state index contributed by atoms with van der Waals surface area (Å²) in [6.07, 6.45) is 7.51. The van der Waals surface area contributed by atoms with E-state index >= 15 is 0 Å². The SMILES string of the molecule is CO[C@H]1CCN(C(=O)CCCc2cn[nH]c2)C[C@H]1Cc1cccc(F)c1. The maximum absolute atomic E-state index is 13.5. The normalized spacial score (nSPS) is 20.3. The Bertz CT molecular complexity index is 705. The number of amides is 1. The second-order valence-electron chi connectivity index (χ2n) is 6.96. The molecule has 1 amide bonds. The number of aryl methyl sites for hydroxylation is 1.